The molecule has 0 heterocycles. The molecule has 1 aliphatic carbocycles. The summed E-state index contributed by atoms with van der Waals surface area (Å²) in [5.74, 6) is 2.25. The molecule has 1 amide bonds. The number of benzene rings is 2. The lowest BCUT2D eigenvalue weighted by Crippen LogP contribution is -2.37. The van der Waals surface area contributed by atoms with E-state index in [1.165, 1.54) is 5.56 Å². The summed E-state index contributed by atoms with van der Waals surface area (Å²) in [6, 6.07) is 14.3. The minimum absolute atomic E-state index is 0. The van der Waals surface area contributed by atoms with Crippen molar-refractivity contribution >= 4 is 35.8 Å². The first-order chi connectivity index (χ1) is 15.1. The zero-order valence-corrected chi connectivity index (χ0v) is 21.3. The molecule has 0 bridgehead atoms. The summed E-state index contributed by atoms with van der Waals surface area (Å²) >= 11 is 0. The van der Waals surface area contributed by atoms with Gasteiger partial charge in [0.25, 0.3) is 5.91 Å². The third-order valence-corrected chi connectivity index (χ3v) is 5.07. The van der Waals surface area contributed by atoms with Crippen molar-refractivity contribution in [1.82, 2.24) is 16.0 Å². The fraction of sp³-hybridized carbons (Fsp3) is 0.417. The Bertz CT molecular complexity index is 916. The van der Waals surface area contributed by atoms with Crippen molar-refractivity contribution in [2.24, 2.45) is 4.99 Å². The van der Waals surface area contributed by atoms with Gasteiger partial charge in [-0.2, -0.15) is 0 Å². The van der Waals surface area contributed by atoms with Crippen LogP contribution in [-0.4, -0.2) is 45.2 Å². The number of carbonyl (C=O) groups is 1. The van der Waals surface area contributed by atoms with Gasteiger partial charge in [0.15, 0.2) is 12.6 Å². The lowest BCUT2D eigenvalue weighted by Gasteiger charge is -2.13. The molecule has 0 radical (unpaired) electrons. The second-order valence-electron chi connectivity index (χ2n) is 7.68. The number of amides is 1. The minimum atomic E-state index is -0.0678. The first-order valence-electron chi connectivity index (χ1n) is 10.7. The van der Waals surface area contributed by atoms with Crippen molar-refractivity contribution in [3.63, 3.8) is 0 Å². The summed E-state index contributed by atoms with van der Waals surface area (Å²) in [5, 5.41) is 9.56. The summed E-state index contributed by atoms with van der Waals surface area (Å²) < 4.78 is 11.0. The van der Waals surface area contributed by atoms with Gasteiger partial charge >= 0.3 is 0 Å². The first kappa shape index (κ1) is 25.8. The largest absolute Gasteiger partial charge is 0.496 e. The summed E-state index contributed by atoms with van der Waals surface area (Å²) in [6.45, 7) is 3.44. The lowest BCUT2D eigenvalue weighted by molar-refractivity contribution is -0.123. The SMILES string of the molecule is CN=C(NCCc1ccc(C)c(OC)c1)NCc1cccc(OCC(=O)NC2CC2)c1.I. The Morgan fingerprint density at radius 1 is 1.12 bits per heavy atom. The third-order valence-electron chi connectivity index (χ3n) is 5.07. The first-order valence-corrected chi connectivity index (χ1v) is 10.7. The Balaban J connectivity index is 0.00000363. The molecule has 3 N–H and O–H groups in total. The number of rotatable bonds is 10. The van der Waals surface area contributed by atoms with Crippen molar-refractivity contribution in [3.05, 3.63) is 59.2 Å². The maximum Gasteiger partial charge on any atom is 0.258 e. The second-order valence-corrected chi connectivity index (χ2v) is 7.68. The molecule has 1 aliphatic rings. The average molecular weight is 552 g/mol. The number of halogens is 1. The molecule has 2 aromatic rings. The highest BCUT2D eigenvalue weighted by atomic mass is 127. The Hall–Kier alpha value is -2.49. The number of carbonyl (C=O) groups excluding carboxylic acids is 1. The van der Waals surface area contributed by atoms with Gasteiger partial charge in [-0.05, 0) is 61.1 Å². The molecule has 0 aliphatic heterocycles. The standard InChI is InChI=1S/C24H32N4O3.HI/c1-17-7-8-18(14-22(17)30-3)11-12-26-24(25-2)27-15-19-5-4-6-21(13-19)31-16-23(29)28-20-9-10-20;/h4-8,13-14,20H,9-12,15-16H2,1-3H3,(H,28,29)(H2,25,26,27);1H. The number of aryl methyl sites for hydroxylation is 1. The van der Waals surface area contributed by atoms with E-state index in [1.807, 2.05) is 31.2 Å². The normalized spacial score (nSPS) is 13.0. The molecule has 174 valence electrons. The Morgan fingerprint density at radius 2 is 1.94 bits per heavy atom. The van der Waals surface area contributed by atoms with Crippen LogP contribution in [0.4, 0.5) is 0 Å². The highest BCUT2D eigenvalue weighted by Gasteiger charge is 2.23. The van der Waals surface area contributed by atoms with E-state index in [0.29, 0.717) is 18.3 Å². The third kappa shape index (κ3) is 8.57. The van der Waals surface area contributed by atoms with Crippen molar-refractivity contribution in [2.75, 3.05) is 27.3 Å². The van der Waals surface area contributed by atoms with Crippen molar-refractivity contribution < 1.29 is 14.3 Å². The van der Waals surface area contributed by atoms with E-state index in [0.717, 1.165) is 48.6 Å². The van der Waals surface area contributed by atoms with Gasteiger partial charge in [0.1, 0.15) is 11.5 Å². The number of nitrogens with one attached hydrogen (secondary N) is 3. The van der Waals surface area contributed by atoms with Gasteiger partial charge in [-0.25, -0.2) is 0 Å². The van der Waals surface area contributed by atoms with Crippen molar-refractivity contribution in [2.45, 2.75) is 38.8 Å². The lowest BCUT2D eigenvalue weighted by atomic mass is 10.1. The van der Waals surface area contributed by atoms with Crippen LogP contribution in [-0.2, 0) is 17.8 Å². The number of guanidine groups is 1. The molecule has 32 heavy (non-hydrogen) atoms. The molecule has 2 aromatic carbocycles. The molecule has 0 aromatic heterocycles. The average Bonchev–Trinajstić information content (AvgIpc) is 3.60. The molecule has 8 heteroatoms. The fourth-order valence-corrected chi connectivity index (χ4v) is 3.14. The summed E-state index contributed by atoms with van der Waals surface area (Å²) in [5.41, 5.74) is 3.39. The number of hydrogen-bond donors (Lipinski definition) is 3. The van der Waals surface area contributed by atoms with E-state index in [-0.39, 0.29) is 36.5 Å². The maximum absolute atomic E-state index is 11.8. The van der Waals surface area contributed by atoms with Crippen LogP contribution in [0.2, 0.25) is 0 Å². The monoisotopic (exact) mass is 552 g/mol. The second kappa shape index (κ2) is 13.1. The topological polar surface area (TPSA) is 84.0 Å². The zero-order valence-electron chi connectivity index (χ0n) is 18.9. The maximum atomic E-state index is 11.8. The molecular weight excluding hydrogens is 519 g/mol. The Morgan fingerprint density at radius 3 is 2.66 bits per heavy atom. The Kier molecular flexibility index (Phi) is 10.6. The van der Waals surface area contributed by atoms with Crippen LogP contribution in [0.3, 0.4) is 0 Å². The molecule has 0 saturated heterocycles. The molecule has 1 saturated carbocycles. The molecule has 0 atom stereocenters. The van der Waals surface area contributed by atoms with Gasteiger partial charge in [-0.3, -0.25) is 9.79 Å². The minimum Gasteiger partial charge on any atom is -0.496 e. The van der Waals surface area contributed by atoms with Crippen molar-refractivity contribution in [1.29, 1.82) is 0 Å². The van der Waals surface area contributed by atoms with Crippen LogP contribution in [0.1, 0.15) is 29.5 Å². The van der Waals surface area contributed by atoms with Crippen LogP contribution in [0.15, 0.2) is 47.5 Å². The molecule has 0 spiro atoms. The summed E-state index contributed by atoms with van der Waals surface area (Å²) in [7, 11) is 3.45. The van der Waals surface area contributed by atoms with E-state index in [4.69, 9.17) is 9.47 Å². The summed E-state index contributed by atoms with van der Waals surface area (Å²) in [4.78, 5) is 16.1. The summed E-state index contributed by atoms with van der Waals surface area (Å²) in [6.07, 6.45) is 3.01. The van der Waals surface area contributed by atoms with Crippen LogP contribution in [0, 0.1) is 6.92 Å². The smallest absolute Gasteiger partial charge is 0.258 e. The molecule has 1 fully saturated rings. The highest BCUT2D eigenvalue weighted by molar-refractivity contribution is 14.0. The zero-order chi connectivity index (χ0) is 22.1. The van der Waals surface area contributed by atoms with Crippen LogP contribution in [0.5, 0.6) is 11.5 Å². The van der Waals surface area contributed by atoms with Gasteiger partial charge in [0, 0.05) is 26.2 Å². The number of methoxy groups -OCH3 is 1. The Labute approximate surface area is 207 Å². The highest BCUT2D eigenvalue weighted by Crippen LogP contribution is 2.19. The molecule has 3 rings (SSSR count). The van der Waals surface area contributed by atoms with E-state index in [2.05, 4.69) is 39.1 Å². The van der Waals surface area contributed by atoms with E-state index in [1.54, 1.807) is 14.2 Å². The van der Waals surface area contributed by atoms with Crippen molar-refractivity contribution in [3.8, 4) is 11.5 Å². The van der Waals surface area contributed by atoms with Crippen LogP contribution >= 0.6 is 24.0 Å². The van der Waals surface area contributed by atoms with Gasteiger partial charge in [-0.15, -0.1) is 24.0 Å². The quantitative estimate of drug-likeness (QED) is 0.240. The van der Waals surface area contributed by atoms with Gasteiger partial charge < -0.3 is 25.4 Å². The molecular formula is C24H33IN4O3. The van der Waals surface area contributed by atoms with Crippen LogP contribution < -0.4 is 25.4 Å². The van der Waals surface area contributed by atoms with E-state index >= 15 is 0 Å². The molecule has 0 unspecified atom stereocenters. The fourth-order valence-electron chi connectivity index (χ4n) is 3.14. The van der Waals surface area contributed by atoms with Gasteiger partial charge in [0.2, 0.25) is 0 Å². The van der Waals surface area contributed by atoms with Gasteiger partial charge in [0.05, 0.1) is 7.11 Å². The van der Waals surface area contributed by atoms with Gasteiger partial charge in [-0.1, -0.05) is 24.3 Å². The van der Waals surface area contributed by atoms with Crippen LogP contribution in [0.25, 0.3) is 0 Å². The number of nitrogens with zero attached hydrogens (tertiary/aromatic N) is 1. The number of hydrogen-bond acceptors (Lipinski definition) is 4. The van der Waals surface area contributed by atoms with E-state index in [9.17, 15) is 4.79 Å². The predicted octanol–water partition coefficient (Wildman–Crippen LogP) is 3.19. The molecule has 7 nitrogen and oxygen atoms in total. The number of aliphatic imine (C=N–C) groups is 1. The predicted molar refractivity (Wildman–Crippen MR) is 138 cm³/mol. The number of ether oxygens (including phenoxy) is 2. The van der Waals surface area contributed by atoms with E-state index < -0.39 is 0 Å².